The maximum atomic E-state index is 11.9. The molecule has 0 aliphatic heterocycles. The van der Waals surface area contributed by atoms with Gasteiger partial charge in [-0.3, -0.25) is 4.79 Å². The van der Waals surface area contributed by atoms with Crippen LogP contribution in [0.1, 0.15) is 50.4 Å². The maximum absolute atomic E-state index is 11.9. The highest BCUT2D eigenvalue weighted by atomic mass is 16.5. The standard InChI is InChI=1S/C18H27NO5/c1-12(2)6-5-7-13(3)19-17(21)11-24-18(22)15-9-8-14(23-4)10-16(15)20/h8-10,12-13,20H,5-7,11H2,1-4H3,(H,19,21). The highest BCUT2D eigenvalue weighted by Gasteiger charge is 2.16. The van der Waals surface area contributed by atoms with E-state index in [9.17, 15) is 14.7 Å². The first-order chi connectivity index (χ1) is 11.3. The van der Waals surface area contributed by atoms with Crippen molar-refractivity contribution >= 4 is 11.9 Å². The fourth-order valence-electron chi connectivity index (χ4n) is 2.24. The molecule has 0 radical (unpaired) electrons. The molecule has 2 N–H and O–H groups in total. The Balaban J connectivity index is 2.39. The van der Waals surface area contributed by atoms with Crippen LogP contribution in [0.5, 0.6) is 11.5 Å². The van der Waals surface area contributed by atoms with Crippen LogP contribution in [0.2, 0.25) is 0 Å². The molecule has 0 aromatic heterocycles. The highest BCUT2D eigenvalue weighted by Crippen LogP contribution is 2.23. The number of carbonyl (C=O) groups excluding carboxylic acids is 2. The number of methoxy groups -OCH3 is 1. The van der Waals surface area contributed by atoms with E-state index < -0.39 is 5.97 Å². The number of rotatable bonds is 9. The number of carbonyl (C=O) groups is 2. The molecule has 1 aromatic rings. The summed E-state index contributed by atoms with van der Waals surface area (Å²) in [6.45, 7) is 5.88. The van der Waals surface area contributed by atoms with E-state index >= 15 is 0 Å². The highest BCUT2D eigenvalue weighted by molar-refractivity contribution is 5.94. The van der Waals surface area contributed by atoms with E-state index in [-0.39, 0.29) is 29.9 Å². The summed E-state index contributed by atoms with van der Waals surface area (Å²) in [5, 5.41) is 12.6. The van der Waals surface area contributed by atoms with Crippen LogP contribution in [0.4, 0.5) is 0 Å². The van der Waals surface area contributed by atoms with Gasteiger partial charge in [-0.2, -0.15) is 0 Å². The molecule has 0 saturated heterocycles. The number of benzene rings is 1. The van der Waals surface area contributed by atoms with Crippen molar-refractivity contribution in [2.45, 2.75) is 46.1 Å². The Morgan fingerprint density at radius 2 is 1.92 bits per heavy atom. The maximum Gasteiger partial charge on any atom is 0.342 e. The van der Waals surface area contributed by atoms with Gasteiger partial charge in [-0.25, -0.2) is 4.79 Å². The van der Waals surface area contributed by atoms with Crippen LogP contribution in [0, 0.1) is 5.92 Å². The monoisotopic (exact) mass is 337 g/mol. The molecule has 1 atom stereocenters. The van der Waals surface area contributed by atoms with E-state index in [0.29, 0.717) is 11.7 Å². The number of nitrogens with one attached hydrogen (secondary N) is 1. The molecule has 24 heavy (non-hydrogen) atoms. The average Bonchev–Trinajstić information content (AvgIpc) is 2.52. The lowest BCUT2D eigenvalue weighted by Gasteiger charge is -2.14. The number of esters is 1. The summed E-state index contributed by atoms with van der Waals surface area (Å²) in [5.74, 6) is -0.281. The molecule has 0 aliphatic rings. The molecule has 6 nitrogen and oxygen atoms in total. The van der Waals surface area contributed by atoms with E-state index in [1.54, 1.807) is 0 Å². The predicted molar refractivity (Wildman–Crippen MR) is 91.2 cm³/mol. The van der Waals surface area contributed by atoms with Crippen LogP contribution >= 0.6 is 0 Å². The van der Waals surface area contributed by atoms with Crippen molar-refractivity contribution in [3.63, 3.8) is 0 Å². The van der Waals surface area contributed by atoms with E-state index in [1.165, 1.54) is 25.3 Å². The van der Waals surface area contributed by atoms with Gasteiger partial charge in [0, 0.05) is 12.1 Å². The van der Waals surface area contributed by atoms with Crippen molar-refractivity contribution in [3.8, 4) is 11.5 Å². The van der Waals surface area contributed by atoms with Crippen molar-refractivity contribution in [2.75, 3.05) is 13.7 Å². The molecule has 6 heteroatoms. The first-order valence-corrected chi connectivity index (χ1v) is 8.17. The molecule has 1 amide bonds. The molecule has 1 unspecified atom stereocenters. The van der Waals surface area contributed by atoms with Crippen LogP contribution in [0.15, 0.2) is 18.2 Å². The van der Waals surface area contributed by atoms with Gasteiger partial charge >= 0.3 is 5.97 Å². The third-order valence-corrected chi connectivity index (χ3v) is 3.59. The van der Waals surface area contributed by atoms with E-state index in [2.05, 4.69) is 19.2 Å². The molecule has 1 aromatic carbocycles. The molecular weight excluding hydrogens is 310 g/mol. The zero-order chi connectivity index (χ0) is 18.1. The Morgan fingerprint density at radius 1 is 1.21 bits per heavy atom. The predicted octanol–water partition coefficient (Wildman–Crippen LogP) is 2.89. The number of hydrogen-bond acceptors (Lipinski definition) is 5. The van der Waals surface area contributed by atoms with Gasteiger partial charge in [-0.15, -0.1) is 0 Å². The van der Waals surface area contributed by atoms with Crippen LogP contribution in [0.3, 0.4) is 0 Å². The third kappa shape index (κ3) is 6.89. The molecule has 0 saturated carbocycles. The molecule has 0 bridgehead atoms. The summed E-state index contributed by atoms with van der Waals surface area (Å²) in [4.78, 5) is 23.7. The minimum absolute atomic E-state index is 0.00594. The van der Waals surface area contributed by atoms with Crippen molar-refractivity contribution in [1.29, 1.82) is 0 Å². The molecular formula is C18H27NO5. The first-order valence-electron chi connectivity index (χ1n) is 8.17. The molecule has 0 spiro atoms. The fraction of sp³-hybridized carbons (Fsp3) is 0.556. The normalized spacial score (nSPS) is 11.9. The van der Waals surface area contributed by atoms with Crippen LogP contribution in [-0.4, -0.2) is 36.7 Å². The molecule has 0 fully saturated rings. The lowest BCUT2D eigenvalue weighted by molar-refractivity contribution is -0.124. The van der Waals surface area contributed by atoms with Crippen molar-refractivity contribution in [2.24, 2.45) is 5.92 Å². The Bertz CT molecular complexity index is 556. The Morgan fingerprint density at radius 3 is 2.50 bits per heavy atom. The van der Waals surface area contributed by atoms with Gasteiger partial charge in [0.05, 0.1) is 7.11 Å². The van der Waals surface area contributed by atoms with Crippen LogP contribution in [-0.2, 0) is 9.53 Å². The zero-order valence-electron chi connectivity index (χ0n) is 14.8. The van der Waals surface area contributed by atoms with E-state index in [1.807, 2.05) is 6.92 Å². The second-order valence-corrected chi connectivity index (χ2v) is 6.25. The van der Waals surface area contributed by atoms with Crippen LogP contribution < -0.4 is 10.1 Å². The second-order valence-electron chi connectivity index (χ2n) is 6.25. The molecule has 134 valence electrons. The number of hydrogen-bond donors (Lipinski definition) is 2. The average molecular weight is 337 g/mol. The van der Waals surface area contributed by atoms with Crippen LogP contribution in [0.25, 0.3) is 0 Å². The van der Waals surface area contributed by atoms with Gasteiger partial charge < -0.3 is 19.9 Å². The van der Waals surface area contributed by atoms with Crippen molar-refractivity contribution in [1.82, 2.24) is 5.32 Å². The summed E-state index contributed by atoms with van der Waals surface area (Å²) in [6.07, 6.45) is 3.04. The second kappa shape index (κ2) is 9.80. The van der Waals surface area contributed by atoms with E-state index in [0.717, 1.165) is 19.3 Å². The minimum Gasteiger partial charge on any atom is -0.507 e. The fourth-order valence-corrected chi connectivity index (χ4v) is 2.24. The quantitative estimate of drug-likeness (QED) is 0.677. The Hall–Kier alpha value is -2.24. The summed E-state index contributed by atoms with van der Waals surface area (Å²) in [5.41, 5.74) is -0.00594. The molecule has 0 heterocycles. The lowest BCUT2D eigenvalue weighted by Crippen LogP contribution is -2.35. The number of phenols is 1. The first kappa shape index (κ1) is 19.8. The van der Waals surface area contributed by atoms with E-state index in [4.69, 9.17) is 9.47 Å². The number of ether oxygens (including phenoxy) is 2. The van der Waals surface area contributed by atoms with Gasteiger partial charge in [0.15, 0.2) is 6.61 Å². The van der Waals surface area contributed by atoms with Gasteiger partial charge in [-0.1, -0.05) is 26.7 Å². The van der Waals surface area contributed by atoms with Gasteiger partial charge in [0.2, 0.25) is 0 Å². The zero-order valence-corrected chi connectivity index (χ0v) is 14.8. The number of aromatic hydroxyl groups is 1. The van der Waals surface area contributed by atoms with Gasteiger partial charge in [-0.05, 0) is 31.4 Å². The SMILES string of the molecule is COc1ccc(C(=O)OCC(=O)NC(C)CCCC(C)C)c(O)c1. The number of amides is 1. The summed E-state index contributed by atoms with van der Waals surface area (Å²) in [6, 6.07) is 4.27. The summed E-state index contributed by atoms with van der Waals surface area (Å²) < 4.78 is 9.88. The molecule has 1 rings (SSSR count). The molecule has 0 aliphatic carbocycles. The van der Waals surface area contributed by atoms with Crippen molar-refractivity contribution < 1.29 is 24.2 Å². The number of phenolic OH excluding ortho intramolecular Hbond substituents is 1. The van der Waals surface area contributed by atoms with Crippen molar-refractivity contribution in [3.05, 3.63) is 23.8 Å². The largest absolute Gasteiger partial charge is 0.507 e. The smallest absolute Gasteiger partial charge is 0.342 e. The van der Waals surface area contributed by atoms with Gasteiger partial charge in [0.1, 0.15) is 17.1 Å². The third-order valence-electron chi connectivity index (χ3n) is 3.59. The lowest BCUT2D eigenvalue weighted by atomic mass is 10.0. The minimum atomic E-state index is -0.752. The summed E-state index contributed by atoms with van der Waals surface area (Å²) >= 11 is 0. The van der Waals surface area contributed by atoms with Gasteiger partial charge in [0.25, 0.3) is 5.91 Å². The Kier molecular flexibility index (Phi) is 8.09. The topological polar surface area (TPSA) is 84.9 Å². The Labute approximate surface area is 143 Å². The summed E-state index contributed by atoms with van der Waals surface area (Å²) in [7, 11) is 1.46.